The molecule has 0 spiro atoms. The Morgan fingerprint density at radius 2 is 1.17 bits per heavy atom. The van der Waals surface area contributed by atoms with Gasteiger partial charge in [-0.3, -0.25) is 0 Å². The normalized spacial score (nSPS) is 12.1. The molecular formula is C27H33BO. The monoisotopic (exact) mass is 384 g/mol. The molecule has 0 radical (unpaired) electrons. The van der Waals surface area contributed by atoms with Gasteiger partial charge in [-0.2, -0.15) is 0 Å². The van der Waals surface area contributed by atoms with Crippen molar-refractivity contribution in [3.8, 4) is 28.0 Å². The van der Waals surface area contributed by atoms with Crippen molar-refractivity contribution in [1.82, 2.24) is 0 Å². The van der Waals surface area contributed by atoms with Crippen LogP contribution in [0.2, 0.25) is 0 Å². The van der Waals surface area contributed by atoms with Crippen molar-refractivity contribution >= 4 is 13.3 Å². The Morgan fingerprint density at radius 1 is 0.655 bits per heavy atom. The van der Waals surface area contributed by atoms with Crippen molar-refractivity contribution in [2.75, 3.05) is 7.11 Å². The van der Waals surface area contributed by atoms with Crippen LogP contribution in [0.25, 0.3) is 22.3 Å². The molecular weight excluding hydrogens is 351 g/mol. The zero-order valence-electron chi connectivity index (χ0n) is 19.2. The van der Waals surface area contributed by atoms with Gasteiger partial charge >= 0.3 is 0 Å². The standard InChI is InChI=1S/C27H33BO/c1-26(2,3)21-13-19(14-22(17-21)27(4,5)6)18-12-20(16-23(28)15-18)24-10-8-9-11-25(24)29-7/h8-17H,28H2,1-7H3. The molecule has 2 heteroatoms. The molecule has 0 amide bonds. The second-order valence-corrected chi connectivity index (χ2v) is 10.1. The lowest BCUT2D eigenvalue weighted by Gasteiger charge is -2.26. The van der Waals surface area contributed by atoms with E-state index in [0.717, 1.165) is 11.3 Å². The van der Waals surface area contributed by atoms with Gasteiger partial charge in [-0.25, -0.2) is 0 Å². The summed E-state index contributed by atoms with van der Waals surface area (Å²) in [5, 5.41) is 0. The second-order valence-electron chi connectivity index (χ2n) is 10.1. The Balaban J connectivity index is 2.22. The lowest BCUT2D eigenvalue weighted by Crippen LogP contribution is -2.16. The molecule has 0 saturated heterocycles. The predicted molar refractivity (Wildman–Crippen MR) is 129 cm³/mol. The minimum Gasteiger partial charge on any atom is -0.496 e. The van der Waals surface area contributed by atoms with Crippen molar-refractivity contribution in [3.63, 3.8) is 0 Å². The van der Waals surface area contributed by atoms with E-state index in [1.807, 2.05) is 12.1 Å². The third-order valence-corrected chi connectivity index (χ3v) is 5.49. The maximum Gasteiger partial charge on any atom is 0.139 e. The molecule has 0 unspecified atom stereocenters. The van der Waals surface area contributed by atoms with Gasteiger partial charge in [0.2, 0.25) is 0 Å². The maximum atomic E-state index is 5.61. The molecule has 0 aromatic heterocycles. The molecule has 0 bridgehead atoms. The van der Waals surface area contributed by atoms with E-state index in [1.54, 1.807) is 7.11 Å². The van der Waals surface area contributed by atoms with Crippen LogP contribution in [-0.4, -0.2) is 15.0 Å². The van der Waals surface area contributed by atoms with Crippen molar-refractivity contribution in [2.24, 2.45) is 0 Å². The van der Waals surface area contributed by atoms with Gasteiger partial charge in [-0.15, -0.1) is 0 Å². The van der Waals surface area contributed by atoms with Gasteiger partial charge in [0.25, 0.3) is 0 Å². The number of para-hydroxylation sites is 1. The highest BCUT2D eigenvalue weighted by Gasteiger charge is 2.21. The number of methoxy groups -OCH3 is 1. The molecule has 0 aliphatic rings. The van der Waals surface area contributed by atoms with E-state index >= 15 is 0 Å². The number of ether oxygens (including phenoxy) is 1. The number of hydrogen-bond acceptors (Lipinski definition) is 1. The molecule has 150 valence electrons. The van der Waals surface area contributed by atoms with E-state index in [-0.39, 0.29) is 10.8 Å². The molecule has 0 N–H and O–H groups in total. The fourth-order valence-corrected chi connectivity index (χ4v) is 3.65. The first-order valence-electron chi connectivity index (χ1n) is 10.4. The highest BCUT2D eigenvalue weighted by atomic mass is 16.5. The maximum absolute atomic E-state index is 5.61. The van der Waals surface area contributed by atoms with Crippen molar-refractivity contribution in [3.05, 3.63) is 71.8 Å². The zero-order valence-corrected chi connectivity index (χ0v) is 19.2. The first-order chi connectivity index (χ1) is 13.5. The summed E-state index contributed by atoms with van der Waals surface area (Å²) in [6.45, 7) is 13.7. The van der Waals surface area contributed by atoms with E-state index in [9.17, 15) is 0 Å². The van der Waals surface area contributed by atoms with Gasteiger partial charge in [-0.05, 0) is 50.8 Å². The van der Waals surface area contributed by atoms with Crippen molar-refractivity contribution < 1.29 is 4.74 Å². The quantitative estimate of drug-likeness (QED) is 0.512. The molecule has 0 heterocycles. The van der Waals surface area contributed by atoms with Crippen LogP contribution in [0.5, 0.6) is 5.75 Å². The SMILES string of the molecule is Bc1cc(-c2cc(C(C)(C)C)cc(C(C)(C)C)c2)cc(-c2ccccc2OC)c1. The molecule has 0 atom stereocenters. The van der Waals surface area contributed by atoms with Crippen LogP contribution in [0, 0.1) is 0 Å². The zero-order chi connectivity index (χ0) is 21.4. The van der Waals surface area contributed by atoms with Crippen LogP contribution in [0.4, 0.5) is 0 Å². The van der Waals surface area contributed by atoms with Gasteiger partial charge < -0.3 is 4.74 Å². The number of rotatable bonds is 3. The van der Waals surface area contributed by atoms with E-state index in [0.29, 0.717) is 0 Å². The van der Waals surface area contributed by atoms with Gasteiger partial charge in [0, 0.05) is 5.56 Å². The van der Waals surface area contributed by atoms with Crippen molar-refractivity contribution in [2.45, 2.75) is 52.4 Å². The molecule has 1 nitrogen and oxygen atoms in total. The summed E-state index contributed by atoms with van der Waals surface area (Å²) < 4.78 is 5.61. The largest absolute Gasteiger partial charge is 0.496 e. The summed E-state index contributed by atoms with van der Waals surface area (Å²) in [6.07, 6.45) is 0. The predicted octanol–water partition coefficient (Wildman–Crippen LogP) is 5.88. The highest BCUT2D eigenvalue weighted by Crippen LogP contribution is 2.36. The highest BCUT2D eigenvalue weighted by molar-refractivity contribution is 6.33. The minimum atomic E-state index is 0.102. The van der Waals surface area contributed by atoms with E-state index in [2.05, 4.69) is 97.9 Å². The average molecular weight is 384 g/mol. The summed E-state index contributed by atoms with van der Waals surface area (Å²) in [6, 6.07) is 22.1. The van der Waals surface area contributed by atoms with Crippen LogP contribution < -0.4 is 10.2 Å². The Hall–Kier alpha value is -2.48. The summed E-state index contributed by atoms with van der Waals surface area (Å²) >= 11 is 0. The summed E-state index contributed by atoms with van der Waals surface area (Å²) in [7, 11) is 3.90. The number of benzene rings is 3. The molecule has 0 aliphatic carbocycles. The summed E-state index contributed by atoms with van der Waals surface area (Å²) in [4.78, 5) is 0. The smallest absolute Gasteiger partial charge is 0.139 e. The van der Waals surface area contributed by atoms with Crippen molar-refractivity contribution in [1.29, 1.82) is 0 Å². The average Bonchev–Trinajstić information content (AvgIpc) is 2.65. The Morgan fingerprint density at radius 3 is 1.72 bits per heavy atom. The minimum absolute atomic E-state index is 0.102. The lowest BCUT2D eigenvalue weighted by molar-refractivity contribution is 0.416. The fourth-order valence-electron chi connectivity index (χ4n) is 3.65. The molecule has 3 rings (SSSR count). The van der Waals surface area contributed by atoms with E-state index in [4.69, 9.17) is 4.74 Å². The summed E-state index contributed by atoms with van der Waals surface area (Å²) in [5.74, 6) is 0.905. The van der Waals surface area contributed by atoms with Gasteiger partial charge in [0.05, 0.1) is 7.11 Å². The first kappa shape index (κ1) is 21.2. The fraction of sp³-hybridized carbons (Fsp3) is 0.333. The molecule has 0 fully saturated rings. The van der Waals surface area contributed by atoms with Crippen LogP contribution >= 0.6 is 0 Å². The lowest BCUT2D eigenvalue weighted by atomic mass is 9.78. The van der Waals surface area contributed by atoms with Crippen LogP contribution in [0.1, 0.15) is 52.7 Å². The second kappa shape index (κ2) is 7.74. The molecule has 0 aliphatic heterocycles. The Bertz CT molecular complexity index is 987. The Kier molecular flexibility index (Phi) is 5.67. The molecule has 29 heavy (non-hydrogen) atoms. The third-order valence-electron chi connectivity index (χ3n) is 5.49. The van der Waals surface area contributed by atoms with E-state index in [1.165, 1.54) is 33.3 Å². The third kappa shape index (κ3) is 4.75. The Labute approximate surface area is 177 Å². The summed E-state index contributed by atoms with van der Waals surface area (Å²) in [5.41, 5.74) is 9.06. The first-order valence-corrected chi connectivity index (χ1v) is 10.4. The molecule has 0 saturated carbocycles. The van der Waals surface area contributed by atoms with Gasteiger partial charge in [-0.1, -0.05) is 95.5 Å². The van der Waals surface area contributed by atoms with Gasteiger partial charge in [0.15, 0.2) is 0 Å². The molecule has 3 aromatic carbocycles. The van der Waals surface area contributed by atoms with Gasteiger partial charge in [0.1, 0.15) is 13.6 Å². The van der Waals surface area contributed by atoms with E-state index < -0.39 is 0 Å². The number of hydrogen-bond donors (Lipinski definition) is 0. The topological polar surface area (TPSA) is 9.23 Å². The van der Waals surface area contributed by atoms with Crippen LogP contribution in [0.3, 0.4) is 0 Å². The van der Waals surface area contributed by atoms with Crippen LogP contribution in [0.15, 0.2) is 60.7 Å². The van der Waals surface area contributed by atoms with Crippen LogP contribution in [-0.2, 0) is 10.8 Å². The molecule has 3 aromatic rings.